The number of carbonyl (C=O) groups is 1. The molecule has 3 rings (SSSR count). The molecule has 32 heavy (non-hydrogen) atoms. The van der Waals surface area contributed by atoms with Crippen LogP contribution in [0.2, 0.25) is 0 Å². The van der Waals surface area contributed by atoms with E-state index in [-0.39, 0.29) is 6.09 Å². The van der Waals surface area contributed by atoms with Crippen LogP contribution in [0.25, 0.3) is 5.57 Å². The molecule has 0 radical (unpaired) electrons. The van der Waals surface area contributed by atoms with E-state index >= 15 is 0 Å². The van der Waals surface area contributed by atoms with Gasteiger partial charge in [-0.2, -0.15) is 4.98 Å². The highest BCUT2D eigenvalue weighted by Crippen LogP contribution is 2.32. The number of nitrogens with zero attached hydrogens (tertiary/aromatic N) is 4. The van der Waals surface area contributed by atoms with Crippen LogP contribution in [0, 0.1) is 6.92 Å². The van der Waals surface area contributed by atoms with Crippen LogP contribution >= 0.6 is 0 Å². The number of ether oxygens (including phenoxy) is 2. The number of hydrogen-bond acceptors (Lipinski definition) is 8. The van der Waals surface area contributed by atoms with Crippen molar-refractivity contribution < 1.29 is 14.3 Å². The Morgan fingerprint density at radius 1 is 1.19 bits per heavy atom. The van der Waals surface area contributed by atoms with E-state index in [0.29, 0.717) is 30.6 Å². The van der Waals surface area contributed by atoms with Crippen LogP contribution < -0.4 is 15.4 Å². The Bertz CT molecular complexity index is 1000. The predicted molar refractivity (Wildman–Crippen MR) is 125 cm³/mol. The van der Waals surface area contributed by atoms with Crippen molar-refractivity contribution in [2.45, 2.75) is 46.1 Å². The number of rotatable bonds is 5. The number of allylic oxidation sites excluding steroid dienone is 1. The largest absolute Gasteiger partial charge is 0.494 e. The molecular weight excluding hydrogens is 408 g/mol. The summed E-state index contributed by atoms with van der Waals surface area (Å²) in [6.07, 6.45) is 5.08. The fourth-order valence-electron chi connectivity index (χ4n) is 3.40. The number of anilines is 3. The normalized spacial score (nSPS) is 14.3. The van der Waals surface area contributed by atoms with Gasteiger partial charge in [0.2, 0.25) is 5.95 Å². The number of aryl methyl sites for hydroxylation is 1. The molecule has 1 aliphatic rings. The summed E-state index contributed by atoms with van der Waals surface area (Å²) in [5.41, 5.74) is 2.35. The minimum atomic E-state index is -0.518. The molecule has 0 saturated carbocycles. The lowest BCUT2D eigenvalue weighted by Gasteiger charge is -2.25. The van der Waals surface area contributed by atoms with Gasteiger partial charge in [0.1, 0.15) is 23.0 Å². The molecule has 1 amide bonds. The Hall–Kier alpha value is -3.36. The number of hydrogen-bond donors (Lipinski definition) is 2. The molecule has 2 N–H and O–H groups in total. The maximum absolute atomic E-state index is 12.5. The Morgan fingerprint density at radius 2 is 1.97 bits per heavy atom. The smallest absolute Gasteiger partial charge is 0.410 e. The summed E-state index contributed by atoms with van der Waals surface area (Å²) in [5.74, 6) is 2.47. The van der Waals surface area contributed by atoms with Crippen molar-refractivity contribution in [3.63, 3.8) is 0 Å². The summed E-state index contributed by atoms with van der Waals surface area (Å²) in [6.45, 7) is 8.64. The van der Waals surface area contributed by atoms with Crippen molar-refractivity contribution in [1.82, 2.24) is 19.9 Å². The highest BCUT2D eigenvalue weighted by molar-refractivity contribution is 5.75. The summed E-state index contributed by atoms with van der Waals surface area (Å²) in [6, 6.07) is 3.80. The second-order valence-corrected chi connectivity index (χ2v) is 8.62. The molecule has 0 bridgehead atoms. The third kappa shape index (κ3) is 6.09. The van der Waals surface area contributed by atoms with Gasteiger partial charge in [-0.15, -0.1) is 0 Å². The van der Waals surface area contributed by atoms with Crippen molar-refractivity contribution in [3.05, 3.63) is 35.7 Å². The first-order chi connectivity index (χ1) is 15.2. The van der Waals surface area contributed by atoms with Crippen molar-refractivity contribution in [2.75, 3.05) is 37.9 Å². The molecule has 0 atom stereocenters. The fraction of sp³-hybridized carbons (Fsp3) is 0.478. The second-order valence-electron chi connectivity index (χ2n) is 8.62. The number of amides is 1. The molecule has 0 aromatic carbocycles. The molecule has 0 fully saturated rings. The Morgan fingerprint density at radius 3 is 2.66 bits per heavy atom. The molecule has 2 aromatic rings. The van der Waals surface area contributed by atoms with Gasteiger partial charge in [0.15, 0.2) is 0 Å². The van der Waals surface area contributed by atoms with Crippen LogP contribution in [0.3, 0.4) is 0 Å². The molecule has 3 heterocycles. The van der Waals surface area contributed by atoms with Crippen molar-refractivity contribution >= 4 is 29.3 Å². The molecular formula is C23H32N6O3. The summed E-state index contributed by atoms with van der Waals surface area (Å²) < 4.78 is 11.1. The van der Waals surface area contributed by atoms with E-state index < -0.39 is 5.60 Å². The molecule has 1 aliphatic heterocycles. The van der Waals surface area contributed by atoms with E-state index in [9.17, 15) is 4.79 Å². The van der Waals surface area contributed by atoms with E-state index in [1.54, 1.807) is 18.2 Å². The minimum absolute atomic E-state index is 0.295. The lowest BCUT2D eigenvalue weighted by atomic mass is 10.0. The van der Waals surface area contributed by atoms with Crippen molar-refractivity contribution in [2.24, 2.45) is 0 Å². The Labute approximate surface area is 189 Å². The zero-order valence-electron chi connectivity index (χ0n) is 19.7. The van der Waals surface area contributed by atoms with Gasteiger partial charge in [-0.3, -0.25) is 0 Å². The zero-order valence-corrected chi connectivity index (χ0v) is 19.7. The van der Waals surface area contributed by atoms with Gasteiger partial charge < -0.3 is 25.0 Å². The van der Waals surface area contributed by atoms with Gasteiger partial charge >= 0.3 is 6.09 Å². The fourth-order valence-corrected chi connectivity index (χ4v) is 3.40. The number of aromatic nitrogens is 3. The quantitative estimate of drug-likeness (QED) is 0.706. The molecule has 2 aromatic heterocycles. The zero-order chi connectivity index (χ0) is 23.3. The Kier molecular flexibility index (Phi) is 7.17. The Balaban J connectivity index is 1.84. The van der Waals surface area contributed by atoms with Gasteiger partial charge in [0.25, 0.3) is 0 Å². The lowest BCUT2D eigenvalue weighted by Crippen LogP contribution is -2.37. The molecule has 9 heteroatoms. The van der Waals surface area contributed by atoms with Crippen LogP contribution in [0.4, 0.5) is 22.4 Å². The molecule has 0 aliphatic carbocycles. The third-order valence-corrected chi connectivity index (χ3v) is 4.87. The van der Waals surface area contributed by atoms with Gasteiger partial charge in [0.05, 0.1) is 13.3 Å². The minimum Gasteiger partial charge on any atom is -0.494 e. The summed E-state index contributed by atoms with van der Waals surface area (Å²) >= 11 is 0. The molecule has 172 valence electrons. The van der Waals surface area contributed by atoms with Gasteiger partial charge in [-0.25, -0.2) is 14.8 Å². The van der Waals surface area contributed by atoms with Crippen molar-refractivity contribution in [1.29, 1.82) is 0 Å². The first kappa shape index (κ1) is 23.3. The summed E-state index contributed by atoms with van der Waals surface area (Å²) in [5, 5.41) is 6.20. The first-order valence-electron chi connectivity index (χ1n) is 10.7. The van der Waals surface area contributed by atoms with Crippen LogP contribution in [0.5, 0.6) is 5.75 Å². The van der Waals surface area contributed by atoms with Crippen LogP contribution in [0.1, 0.15) is 44.9 Å². The third-order valence-electron chi connectivity index (χ3n) is 4.87. The SMILES string of the molecule is CNc1cc(C)nc(Nc2cc(C3=CCN(C(=O)OC(C)(C)C)CCC3)c(OC)cn2)n1. The van der Waals surface area contributed by atoms with Crippen LogP contribution in [-0.2, 0) is 4.74 Å². The van der Waals surface area contributed by atoms with E-state index in [4.69, 9.17) is 9.47 Å². The highest BCUT2D eigenvalue weighted by Gasteiger charge is 2.23. The highest BCUT2D eigenvalue weighted by atomic mass is 16.6. The number of methoxy groups -OCH3 is 1. The van der Waals surface area contributed by atoms with E-state index in [0.717, 1.165) is 35.5 Å². The molecule has 9 nitrogen and oxygen atoms in total. The monoisotopic (exact) mass is 440 g/mol. The average Bonchev–Trinajstić information content (AvgIpc) is 2.98. The first-order valence-corrected chi connectivity index (χ1v) is 10.7. The van der Waals surface area contributed by atoms with Crippen LogP contribution in [-0.4, -0.2) is 58.8 Å². The summed E-state index contributed by atoms with van der Waals surface area (Å²) in [4.78, 5) is 27.5. The van der Waals surface area contributed by atoms with Crippen molar-refractivity contribution in [3.8, 4) is 5.75 Å². The van der Waals surface area contributed by atoms with Crippen LogP contribution in [0.15, 0.2) is 24.4 Å². The lowest BCUT2D eigenvalue weighted by molar-refractivity contribution is 0.0273. The molecule has 0 saturated heterocycles. The predicted octanol–water partition coefficient (Wildman–Crippen LogP) is 4.39. The van der Waals surface area contributed by atoms with E-state index in [2.05, 4.69) is 31.7 Å². The van der Waals surface area contributed by atoms with E-state index in [1.807, 2.05) is 46.9 Å². The van der Waals surface area contributed by atoms with Gasteiger partial charge in [-0.05, 0) is 52.2 Å². The second kappa shape index (κ2) is 9.84. The molecule has 0 unspecified atom stereocenters. The standard InChI is InChI=1S/C23H32N6O3/c1-15-12-19(24-5)27-21(26-15)28-20-13-17(18(31-6)14-25-20)16-8-7-10-29(11-9-16)22(30)32-23(2,3)4/h9,12-14H,7-8,10-11H2,1-6H3,(H2,24,25,26,27,28). The number of carbonyl (C=O) groups excluding carboxylic acids is 1. The topological polar surface area (TPSA) is 102 Å². The maximum atomic E-state index is 12.5. The summed E-state index contributed by atoms with van der Waals surface area (Å²) in [7, 11) is 3.44. The maximum Gasteiger partial charge on any atom is 0.410 e. The number of nitrogens with one attached hydrogen (secondary N) is 2. The average molecular weight is 441 g/mol. The van der Waals surface area contributed by atoms with Gasteiger partial charge in [0, 0.05) is 37.5 Å². The van der Waals surface area contributed by atoms with Gasteiger partial charge in [-0.1, -0.05) is 6.08 Å². The molecule has 0 spiro atoms. The number of pyridine rings is 1. The van der Waals surface area contributed by atoms with E-state index in [1.165, 1.54) is 0 Å².